The number of rotatable bonds is 5. The van der Waals surface area contributed by atoms with Gasteiger partial charge in [-0.25, -0.2) is 0 Å². The summed E-state index contributed by atoms with van der Waals surface area (Å²) in [6, 6.07) is 13.6. The molecule has 2 aromatic carbocycles. The fraction of sp³-hybridized carbons (Fsp3) is 0.278. The zero-order valence-corrected chi connectivity index (χ0v) is 12.3. The zero-order valence-electron chi connectivity index (χ0n) is 12.3. The normalized spacial score (nSPS) is 10.3. The van der Waals surface area contributed by atoms with Gasteiger partial charge in [-0.2, -0.15) is 0 Å². The Morgan fingerprint density at radius 2 is 1.70 bits per heavy atom. The lowest BCUT2D eigenvalue weighted by atomic mass is 10.0. The lowest BCUT2D eigenvalue weighted by Gasteiger charge is -2.07. The van der Waals surface area contributed by atoms with Gasteiger partial charge in [0.2, 0.25) is 0 Å². The molecule has 0 spiro atoms. The van der Waals surface area contributed by atoms with E-state index in [0.717, 1.165) is 17.7 Å². The largest absolute Gasteiger partial charge is 0.485 e. The maximum atomic E-state index is 12.1. The summed E-state index contributed by atoms with van der Waals surface area (Å²) in [7, 11) is 0. The van der Waals surface area contributed by atoms with E-state index in [0.29, 0.717) is 5.56 Å². The Morgan fingerprint density at radius 3 is 2.30 bits per heavy atom. The predicted octanol–water partition coefficient (Wildman–Crippen LogP) is 4.13. The molecule has 0 aliphatic carbocycles. The first-order valence-corrected chi connectivity index (χ1v) is 6.92. The molecule has 0 aliphatic heterocycles. The van der Waals surface area contributed by atoms with Crippen LogP contribution >= 0.6 is 0 Å². The van der Waals surface area contributed by atoms with Gasteiger partial charge in [-0.15, -0.1) is 0 Å². The van der Waals surface area contributed by atoms with Gasteiger partial charge in [-0.1, -0.05) is 31.2 Å². The van der Waals surface area contributed by atoms with Gasteiger partial charge in [0.05, 0.1) is 0 Å². The minimum Gasteiger partial charge on any atom is -0.485 e. The Labute approximate surface area is 120 Å². The van der Waals surface area contributed by atoms with Crippen molar-refractivity contribution in [3.05, 3.63) is 64.7 Å². The molecule has 2 aromatic rings. The van der Waals surface area contributed by atoms with Crippen molar-refractivity contribution in [2.24, 2.45) is 0 Å². The Morgan fingerprint density at radius 1 is 1.00 bits per heavy atom. The highest BCUT2D eigenvalue weighted by atomic mass is 16.5. The maximum Gasteiger partial charge on any atom is 0.200 e. The molecule has 0 fully saturated rings. The second-order valence-corrected chi connectivity index (χ2v) is 5.01. The first kappa shape index (κ1) is 14.3. The van der Waals surface area contributed by atoms with Crippen LogP contribution in [0.2, 0.25) is 0 Å². The maximum absolute atomic E-state index is 12.1. The van der Waals surface area contributed by atoms with Crippen LogP contribution < -0.4 is 4.74 Å². The molecular weight excluding hydrogens is 248 g/mol. The van der Waals surface area contributed by atoms with Gasteiger partial charge in [0.1, 0.15) is 5.75 Å². The van der Waals surface area contributed by atoms with E-state index >= 15 is 0 Å². The van der Waals surface area contributed by atoms with E-state index in [9.17, 15) is 4.79 Å². The third-order valence-electron chi connectivity index (χ3n) is 3.53. The van der Waals surface area contributed by atoms with Crippen molar-refractivity contribution in [1.29, 1.82) is 0 Å². The van der Waals surface area contributed by atoms with Crippen LogP contribution in [0.15, 0.2) is 42.5 Å². The first-order valence-electron chi connectivity index (χ1n) is 6.92. The molecule has 104 valence electrons. The Bertz CT molecular complexity index is 597. The van der Waals surface area contributed by atoms with Crippen molar-refractivity contribution >= 4 is 5.78 Å². The zero-order chi connectivity index (χ0) is 14.5. The number of Topliss-reactive ketones (excluding diaryl/α,β-unsaturated/α-hetero) is 1. The number of ether oxygens (including phenoxy) is 1. The van der Waals surface area contributed by atoms with Crippen LogP contribution in [-0.2, 0) is 6.42 Å². The van der Waals surface area contributed by atoms with Gasteiger partial charge in [-0.3, -0.25) is 4.79 Å². The van der Waals surface area contributed by atoms with Gasteiger partial charge >= 0.3 is 0 Å². The van der Waals surface area contributed by atoms with Gasteiger partial charge in [0, 0.05) is 5.56 Å². The predicted molar refractivity (Wildman–Crippen MR) is 81.6 cm³/mol. The van der Waals surface area contributed by atoms with E-state index < -0.39 is 0 Å². The average molecular weight is 268 g/mol. The minimum absolute atomic E-state index is 0.00710. The fourth-order valence-electron chi connectivity index (χ4n) is 1.97. The van der Waals surface area contributed by atoms with Crippen LogP contribution in [0.5, 0.6) is 5.75 Å². The molecular formula is C18H20O2. The van der Waals surface area contributed by atoms with E-state index in [-0.39, 0.29) is 12.4 Å². The molecule has 2 heteroatoms. The summed E-state index contributed by atoms with van der Waals surface area (Å²) in [4.78, 5) is 12.1. The van der Waals surface area contributed by atoms with Crippen LogP contribution in [0.4, 0.5) is 0 Å². The second kappa shape index (κ2) is 6.38. The topological polar surface area (TPSA) is 26.3 Å². The molecule has 0 bridgehead atoms. The molecule has 0 radical (unpaired) electrons. The van der Waals surface area contributed by atoms with Crippen molar-refractivity contribution in [2.75, 3.05) is 6.61 Å². The van der Waals surface area contributed by atoms with E-state index in [2.05, 4.69) is 6.92 Å². The number of ketones is 1. The molecule has 0 saturated heterocycles. The highest BCUT2D eigenvalue weighted by Crippen LogP contribution is 2.14. The van der Waals surface area contributed by atoms with E-state index in [4.69, 9.17) is 4.74 Å². The molecule has 2 nitrogen and oxygen atoms in total. The Kier molecular flexibility index (Phi) is 4.57. The average Bonchev–Trinajstić information content (AvgIpc) is 2.48. The van der Waals surface area contributed by atoms with Crippen molar-refractivity contribution in [2.45, 2.75) is 27.2 Å². The van der Waals surface area contributed by atoms with Crippen LogP contribution in [0, 0.1) is 13.8 Å². The second-order valence-electron chi connectivity index (χ2n) is 5.01. The highest BCUT2D eigenvalue weighted by Gasteiger charge is 2.08. The third-order valence-corrected chi connectivity index (χ3v) is 3.53. The van der Waals surface area contributed by atoms with Crippen LogP contribution in [-0.4, -0.2) is 12.4 Å². The molecule has 0 heterocycles. The minimum atomic E-state index is 0.00710. The summed E-state index contributed by atoms with van der Waals surface area (Å²) in [6.07, 6.45) is 1.00. The van der Waals surface area contributed by atoms with E-state index in [1.54, 1.807) is 0 Å². The van der Waals surface area contributed by atoms with Crippen molar-refractivity contribution in [1.82, 2.24) is 0 Å². The molecule has 0 unspecified atom stereocenters. The summed E-state index contributed by atoms with van der Waals surface area (Å²) in [5.41, 5.74) is 4.29. The lowest BCUT2D eigenvalue weighted by Crippen LogP contribution is -2.11. The summed E-state index contributed by atoms with van der Waals surface area (Å²) < 4.78 is 5.54. The Hall–Kier alpha value is -2.09. The number of hydrogen-bond acceptors (Lipinski definition) is 2. The molecule has 2 rings (SSSR count). The summed E-state index contributed by atoms with van der Waals surface area (Å²) >= 11 is 0. The quantitative estimate of drug-likeness (QED) is 0.762. The molecule has 20 heavy (non-hydrogen) atoms. The molecule has 0 amide bonds. The fourth-order valence-corrected chi connectivity index (χ4v) is 1.97. The van der Waals surface area contributed by atoms with Gasteiger partial charge in [-0.05, 0) is 55.2 Å². The van der Waals surface area contributed by atoms with Gasteiger partial charge in [0.25, 0.3) is 0 Å². The highest BCUT2D eigenvalue weighted by molar-refractivity contribution is 5.97. The summed E-state index contributed by atoms with van der Waals surface area (Å²) in [5, 5.41) is 0. The molecule has 0 aromatic heterocycles. The van der Waals surface area contributed by atoms with E-state index in [1.807, 2.05) is 56.3 Å². The van der Waals surface area contributed by atoms with Crippen LogP contribution in [0.25, 0.3) is 0 Å². The van der Waals surface area contributed by atoms with Crippen molar-refractivity contribution in [3.8, 4) is 5.75 Å². The smallest absolute Gasteiger partial charge is 0.200 e. The van der Waals surface area contributed by atoms with Crippen molar-refractivity contribution < 1.29 is 9.53 Å². The summed E-state index contributed by atoms with van der Waals surface area (Å²) in [5.74, 6) is 0.743. The molecule has 0 atom stereocenters. The van der Waals surface area contributed by atoms with Crippen LogP contribution in [0.3, 0.4) is 0 Å². The van der Waals surface area contributed by atoms with E-state index in [1.165, 1.54) is 11.1 Å². The van der Waals surface area contributed by atoms with Gasteiger partial charge in [0.15, 0.2) is 12.4 Å². The summed E-state index contributed by atoms with van der Waals surface area (Å²) in [6.45, 7) is 6.24. The first-order chi connectivity index (χ1) is 9.60. The number of carbonyl (C=O) groups is 1. The monoisotopic (exact) mass is 268 g/mol. The molecule has 0 saturated carbocycles. The number of aryl methyl sites for hydroxylation is 3. The number of hydrogen-bond donors (Lipinski definition) is 0. The molecule has 0 aliphatic rings. The van der Waals surface area contributed by atoms with Gasteiger partial charge < -0.3 is 4.74 Å². The molecule has 0 N–H and O–H groups in total. The Balaban J connectivity index is 1.98. The standard InChI is InChI=1S/C18H20O2/c1-4-15-6-9-17(10-7-15)20-12-18(19)16-8-5-13(2)14(3)11-16/h5-11H,4,12H2,1-3H3. The number of carbonyl (C=O) groups excluding carboxylic acids is 1. The third kappa shape index (κ3) is 3.47. The lowest BCUT2D eigenvalue weighted by molar-refractivity contribution is 0.0921. The van der Waals surface area contributed by atoms with Crippen molar-refractivity contribution in [3.63, 3.8) is 0 Å². The van der Waals surface area contributed by atoms with Crippen LogP contribution in [0.1, 0.15) is 34.0 Å². The number of benzene rings is 2. The SMILES string of the molecule is CCc1ccc(OCC(=O)c2ccc(C)c(C)c2)cc1.